The first-order valence-corrected chi connectivity index (χ1v) is 5.93. The van der Waals surface area contributed by atoms with Crippen LogP contribution in [0.3, 0.4) is 0 Å². The molecule has 0 fully saturated rings. The minimum atomic E-state index is -0.335. The molecule has 1 aromatic carbocycles. The van der Waals surface area contributed by atoms with Gasteiger partial charge in [0, 0.05) is 11.5 Å². The molecule has 17 heavy (non-hydrogen) atoms. The normalized spacial score (nSPS) is 11.8. The second kappa shape index (κ2) is 4.18. The molecule has 0 aliphatic rings. The molecule has 4 nitrogen and oxygen atoms in total. The van der Waals surface area contributed by atoms with Gasteiger partial charge in [0.2, 0.25) is 0 Å². The van der Waals surface area contributed by atoms with E-state index in [0.717, 1.165) is 0 Å². The molecule has 0 aliphatic heterocycles. The summed E-state index contributed by atoms with van der Waals surface area (Å²) in [6, 6.07) is 4.80. The van der Waals surface area contributed by atoms with E-state index < -0.39 is 0 Å². The maximum atomic E-state index is 13.5. The van der Waals surface area contributed by atoms with Crippen molar-refractivity contribution in [1.82, 2.24) is 20.2 Å². The van der Waals surface area contributed by atoms with E-state index >= 15 is 0 Å². The lowest BCUT2D eigenvalue weighted by Crippen LogP contribution is -2.19. The Kier molecular flexibility index (Phi) is 2.99. The van der Waals surface area contributed by atoms with Crippen molar-refractivity contribution in [1.29, 1.82) is 0 Å². The van der Waals surface area contributed by atoms with Crippen LogP contribution >= 0.6 is 15.9 Å². The second-order valence-corrected chi connectivity index (χ2v) is 5.62. The molecule has 0 spiro atoms. The first-order valence-electron chi connectivity index (χ1n) is 5.14. The number of aromatic nitrogens is 4. The minimum Gasteiger partial charge on any atom is -0.206 e. The summed E-state index contributed by atoms with van der Waals surface area (Å²) in [7, 11) is 0. The Balaban J connectivity index is 2.54. The molecule has 2 aromatic rings. The standard InChI is InChI=1S/C11H12BrFN4/c1-11(2,3)10-14-15-16-17(10)7-4-5-8(12)9(13)6-7/h4-6H,1-3H3. The summed E-state index contributed by atoms with van der Waals surface area (Å²) in [5, 5.41) is 11.5. The summed E-state index contributed by atoms with van der Waals surface area (Å²) in [6.07, 6.45) is 0. The number of benzene rings is 1. The highest BCUT2D eigenvalue weighted by Gasteiger charge is 2.22. The average Bonchev–Trinajstić information content (AvgIpc) is 2.70. The minimum absolute atomic E-state index is 0.201. The van der Waals surface area contributed by atoms with Crippen molar-refractivity contribution in [2.75, 3.05) is 0 Å². The zero-order chi connectivity index (χ0) is 12.6. The third kappa shape index (κ3) is 2.36. The quantitative estimate of drug-likeness (QED) is 0.813. The van der Waals surface area contributed by atoms with E-state index in [1.54, 1.807) is 16.8 Å². The molecule has 0 unspecified atom stereocenters. The molecule has 0 atom stereocenters. The number of hydrogen-bond acceptors (Lipinski definition) is 3. The van der Waals surface area contributed by atoms with Crippen LogP contribution in [0.25, 0.3) is 5.69 Å². The fourth-order valence-electron chi connectivity index (χ4n) is 1.45. The third-order valence-electron chi connectivity index (χ3n) is 2.29. The maximum absolute atomic E-state index is 13.5. The maximum Gasteiger partial charge on any atom is 0.162 e. The Labute approximate surface area is 107 Å². The van der Waals surface area contributed by atoms with Crippen LogP contribution in [0.4, 0.5) is 4.39 Å². The van der Waals surface area contributed by atoms with Gasteiger partial charge in [0.05, 0.1) is 10.2 Å². The number of hydrogen-bond donors (Lipinski definition) is 0. The molecular weight excluding hydrogens is 287 g/mol. The third-order valence-corrected chi connectivity index (χ3v) is 2.93. The molecule has 0 saturated carbocycles. The lowest BCUT2D eigenvalue weighted by Gasteiger charge is -2.17. The van der Waals surface area contributed by atoms with Gasteiger partial charge >= 0.3 is 0 Å². The number of rotatable bonds is 1. The first-order chi connectivity index (χ1) is 7.89. The van der Waals surface area contributed by atoms with Gasteiger partial charge in [-0.2, -0.15) is 4.68 Å². The first kappa shape index (κ1) is 12.2. The lowest BCUT2D eigenvalue weighted by molar-refractivity contribution is 0.524. The van der Waals surface area contributed by atoms with Gasteiger partial charge < -0.3 is 0 Å². The average molecular weight is 299 g/mol. The molecular formula is C11H12BrFN4. The van der Waals surface area contributed by atoms with Crippen LogP contribution in [-0.4, -0.2) is 20.2 Å². The van der Waals surface area contributed by atoms with E-state index in [4.69, 9.17) is 0 Å². The zero-order valence-electron chi connectivity index (χ0n) is 9.78. The Morgan fingerprint density at radius 1 is 1.29 bits per heavy atom. The van der Waals surface area contributed by atoms with Gasteiger partial charge in [-0.25, -0.2) is 4.39 Å². The second-order valence-electron chi connectivity index (χ2n) is 4.76. The topological polar surface area (TPSA) is 43.6 Å². The Bertz CT molecular complexity index is 545. The lowest BCUT2D eigenvalue weighted by atomic mass is 9.96. The zero-order valence-corrected chi connectivity index (χ0v) is 11.4. The molecule has 0 radical (unpaired) electrons. The predicted octanol–water partition coefficient (Wildman–Crippen LogP) is 2.86. The molecule has 0 aliphatic carbocycles. The Morgan fingerprint density at radius 2 is 2.00 bits per heavy atom. The van der Waals surface area contributed by atoms with Crippen LogP contribution in [0, 0.1) is 5.82 Å². The van der Waals surface area contributed by atoms with Gasteiger partial charge in [0.1, 0.15) is 5.82 Å². The van der Waals surface area contributed by atoms with E-state index in [1.165, 1.54) is 6.07 Å². The molecule has 0 N–H and O–H groups in total. The largest absolute Gasteiger partial charge is 0.206 e. The van der Waals surface area contributed by atoms with E-state index in [-0.39, 0.29) is 11.2 Å². The summed E-state index contributed by atoms with van der Waals surface area (Å²) in [6.45, 7) is 6.01. The fraction of sp³-hybridized carbons (Fsp3) is 0.364. The summed E-state index contributed by atoms with van der Waals surface area (Å²) in [5.74, 6) is 0.358. The van der Waals surface area contributed by atoms with Crippen LogP contribution in [0.1, 0.15) is 26.6 Å². The van der Waals surface area contributed by atoms with E-state index in [1.807, 2.05) is 20.8 Å². The van der Waals surface area contributed by atoms with Crippen molar-refractivity contribution in [3.05, 3.63) is 34.3 Å². The van der Waals surface area contributed by atoms with Gasteiger partial charge in [-0.3, -0.25) is 0 Å². The fourth-order valence-corrected chi connectivity index (χ4v) is 1.69. The monoisotopic (exact) mass is 298 g/mol. The van der Waals surface area contributed by atoms with Gasteiger partial charge in [-0.05, 0) is 38.5 Å². The van der Waals surface area contributed by atoms with Crippen molar-refractivity contribution < 1.29 is 4.39 Å². The van der Waals surface area contributed by atoms with Crippen LogP contribution in [0.5, 0.6) is 0 Å². The van der Waals surface area contributed by atoms with Crippen LogP contribution in [0.2, 0.25) is 0 Å². The molecule has 90 valence electrons. The summed E-state index contributed by atoms with van der Waals surface area (Å²) in [5.41, 5.74) is 0.410. The number of nitrogens with zero attached hydrogens (tertiary/aromatic N) is 4. The molecule has 1 heterocycles. The van der Waals surface area contributed by atoms with E-state index in [2.05, 4.69) is 31.5 Å². The van der Waals surface area contributed by atoms with Crippen molar-refractivity contribution in [3.63, 3.8) is 0 Å². The smallest absolute Gasteiger partial charge is 0.162 e. The Morgan fingerprint density at radius 3 is 2.59 bits per heavy atom. The van der Waals surface area contributed by atoms with Crippen molar-refractivity contribution in [2.24, 2.45) is 0 Å². The molecule has 6 heteroatoms. The predicted molar refractivity (Wildman–Crippen MR) is 65.5 cm³/mol. The van der Waals surface area contributed by atoms with Gasteiger partial charge in [-0.15, -0.1) is 5.10 Å². The molecule has 0 saturated heterocycles. The Hall–Kier alpha value is -1.30. The van der Waals surface area contributed by atoms with Gasteiger partial charge in [-0.1, -0.05) is 20.8 Å². The van der Waals surface area contributed by atoms with Crippen molar-refractivity contribution in [2.45, 2.75) is 26.2 Å². The van der Waals surface area contributed by atoms with Gasteiger partial charge in [0.25, 0.3) is 0 Å². The summed E-state index contributed by atoms with van der Waals surface area (Å²) >= 11 is 3.11. The van der Waals surface area contributed by atoms with Crippen LogP contribution in [0.15, 0.2) is 22.7 Å². The summed E-state index contributed by atoms with van der Waals surface area (Å²) < 4.78 is 15.4. The molecule has 2 rings (SSSR count). The highest BCUT2D eigenvalue weighted by molar-refractivity contribution is 9.10. The van der Waals surface area contributed by atoms with E-state index in [0.29, 0.717) is 16.0 Å². The highest BCUT2D eigenvalue weighted by Crippen LogP contribution is 2.23. The molecule has 0 bridgehead atoms. The number of halogens is 2. The van der Waals surface area contributed by atoms with Crippen molar-refractivity contribution in [3.8, 4) is 5.69 Å². The number of tetrazole rings is 1. The van der Waals surface area contributed by atoms with Crippen LogP contribution < -0.4 is 0 Å². The summed E-state index contributed by atoms with van der Waals surface area (Å²) in [4.78, 5) is 0. The van der Waals surface area contributed by atoms with Crippen LogP contribution in [-0.2, 0) is 5.41 Å². The van der Waals surface area contributed by atoms with Crippen molar-refractivity contribution >= 4 is 15.9 Å². The van der Waals surface area contributed by atoms with E-state index in [9.17, 15) is 4.39 Å². The highest BCUT2D eigenvalue weighted by atomic mass is 79.9. The van der Waals surface area contributed by atoms with Gasteiger partial charge in [0.15, 0.2) is 5.82 Å². The molecule has 0 amide bonds. The molecule has 1 aromatic heterocycles. The SMILES string of the molecule is CC(C)(C)c1nnnn1-c1ccc(Br)c(F)c1.